The summed E-state index contributed by atoms with van der Waals surface area (Å²) in [6.45, 7) is 1.55. The summed E-state index contributed by atoms with van der Waals surface area (Å²) >= 11 is 0. The van der Waals surface area contributed by atoms with Crippen LogP contribution in [0.15, 0.2) is 24.3 Å². The van der Waals surface area contributed by atoms with Gasteiger partial charge < -0.3 is 5.73 Å². The fourth-order valence-corrected chi connectivity index (χ4v) is 2.64. The Kier molecular flexibility index (Phi) is 4.88. The highest BCUT2D eigenvalue weighted by Crippen LogP contribution is 2.30. The van der Waals surface area contributed by atoms with Crippen molar-refractivity contribution in [3.05, 3.63) is 35.4 Å². The maximum atomic E-state index is 12.5. The van der Waals surface area contributed by atoms with Crippen LogP contribution in [-0.2, 0) is 0 Å². The molecule has 0 spiro atoms. The Morgan fingerprint density at radius 1 is 1.21 bits per heavy atom. The standard InChI is InChI=1S/C15H22F2N2/c1-19(10-11-3-2-4-11)14(9-18)12-5-7-13(8-6-12)15(16)17/h5-8,11,14-15H,2-4,9-10,18H2,1H3. The number of nitrogens with zero attached hydrogens (tertiary/aromatic N) is 1. The number of hydrogen-bond donors (Lipinski definition) is 1. The molecule has 0 heterocycles. The van der Waals surface area contributed by atoms with Crippen molar-refractivity contribution in [3.8, 4) is 0 Å². The summed E-state index contributed by atoms with van der Waals surface area (Å²) in [5.41, 5.74) is 6.94. The van der Waals surface area contributed by atoms with Gasteiger partial charge >= 0.3 is 0 Å². The van der Waals surface area contributed by atoms with Crippen molar-refractivity contribution in [2.75, 3.05) is 20.1 Å². The summed E-state index contributed by atoms with van der Waals surface area (Å²) in [6, 6.07) is 6.67. The largest absolute Gasteiger partial charge is 0.329 e. The van der Waals surface area contributed by atoms with Crippen LogP contribution in [0.4, 0.5) is 8.78 Å². The van der Waals surface area contributed by atoms with E-state index in [1.54, 1.807) is 12.1 Å². The first-order chi connectivity index (χ1) is 9.11. The number of nitrogens with two attached hydrogens (primary N) is 1. The Balaban J connectivity index is 2.02. The second kappa shape index (κ2) is 6.44. The number of halogens is 2. The Labute approximate surface area is 113 Å². The minimum absolute atomic E-state index is 0.0705. The highest BCUT2D eigenvalue weighted by atomic mass is 19.3. The van der Waals surface area contributed by atoms with Gasteiger partial charge in [0.15, 0.2) is 0 Å². The molecule has 19 heavy (non-hydrogen) atoms. The van der Waals surface area contributed by atoms with Gasteiger partial charge in [-0.25, -0.2) is 8.78 Å². The maximum Gasteiger partial charge on any atom is 0.263 e. The van der Waals surface area contributed by atoms with Crippen molar-refractivity contribution in [1.82, 2.24) is 4.90 Å². The van der Waals surface area contributed by atoms with Crippen molar-refractivity contribution in [2.45, 2.75) is 31.7 Å². The average molecular weight is 268 g/mol. The van der Waals surface area contributed by atoms with E-state index >= 15 is 0 Å². The van der Waals surface area contributed by atoms with Gasteiger partial charge in [0.05, 0.1) is 0 Å². The van der Waals surface area contributed by atoms with E-state index in [-0.39, 0.29) is 11.6 Å². The van der Waals surface area contributed by atoms with Gasteiger partial charge in [-0.05, 0) is 31.4 Å². The third-order valence-corrected chi connectivity index (χ3v) is 4.10. The van der Waals surface area contributed by atoms with Crippen LogP contribution >= 0.6 is 0 Å². The van der Waals surface area contributed by atoms with Crippen LogP contribution in [0.5, 0.6) is 0 Å². The first kappa shape index (κ1) is 14.4. The molecule has 0 bridgehead atoms. The second-order valence-electron chi connectivity index (χ2n) is 5.46. The van der Waals surface area contributed by atoms with Crippen LogP contribution < -0.4 is 5.73 Å². The van der Waals surface area contributed by atoms with Crippen LogP contribution in [0.25, 0.3) is 0 Å². The van der Waals surface area contributed by atoms with Gasteiger partial charge in [0.1, 0.15) is 0 Å². The molecule has 2 nitrogen and oxygen atoms in total. The van der Waals surface area contributed by atoms with Crippen LogP contribution in [0.2, 0.25) is 0 Å². The Bertz CT molecular complexity index is 388. The molecule has 0 saturated heterocycles. The Morgan fingerprint density at radius 3 is 2.21 bits per heavy atom. The van der Waals surface area contributed by atoms with E-state index in [1.807, 2.05) is 0 Å². The van der Waals surface area contributed by atoms with E-state index in [0.717, 1.165) is 18.0 Å². The van der Waals surface area contributed by atoms with E-state index in [9.17, 15) is 8.78 Å². The monoisotopic (exact) mass is 268 g/mol. The lowest BCUT2D eigenvalue weighted by molar-refractivity contribution is 0.151. The zero-order chi connectivity index (χ0) is 13.8. The summed E-state index contributed by atoms with van der Waals surface area (Å²) in [4.78, 5) is 2.25. The lowest BCUT2D eigenvalue weighted by Crippen LogP contribution is -2.36. The molecule has 0 amide bonds. The maximum absolute atomic E-state index is 12.5. The highest BCUT2D eigenvalue weighted by molar-refractivity contribution is 5.26. The molecule has 1 fully saturated rings. The number of alkyl halides is 2. The van der Waals surface area contributed by atoms with Crippen molar-refractivity contribution >= 4 is 0 Å². The highest BCUT2D eigenvalue weighted by Gasteiger charge is 2.23. The van der Waals surface area contributed by atoms with Gasteiger partial charge in [0.25, 0.3) is 6.43 Å². The summed E-state index contributed by atoms with van der Waals surface area (Å²) in [6.07, 6.45) is 1.52. The SMILES string of the molecule is CN(CC1CCC1)C(CN)c1ccc(C(F)F)cc1. The molecule has 2 rings (SSSR count). The smallest absolute Gasteiger partial charge is 0.263 e. The van der Waals surface area contributed by atoms with Crippen molar-refractivity contribution in [3.63, 3.8) is 0 Å². The van der Waals surface area contributed by atoms with Gasteiger partial charge in [-0.2, -0.15) is 0 Å². The zero-order valence-corrected chi connectivity index (χ0v) is 11.4. The van der Waals surface area contributed by atoms with Gasteiger partial charge in [0, 0.05) is 24.7 Å². The molecule has 4 heteroatoms. The third kappa shape index (κ3) is 3.51. The van der Waals surface area contributed by atoms with E-state index < -0.39 is 6.43 Å². The predicted octanol–water partition coefficient (Wildman–Crippen LogP) is 3.36. The molecular formula is C15H22F2N2. The third-order valence-electron chi connectivity index (χ3n) is 4.10. The van der Waals surface area contributed by atoms with Crippen LogP contribution in [0.3, 0.4) is 0 Å². The minimum Gasteiger partial charge on any atom is -0.329 e. The summed E-state index contributed by atoms with van der Waals surface area (Å²) < 4.78 is 25.1. The molecule has 1 aromatic carbocycles. The Hall–Kier alpha value is -1.00. The second-order valence-corrected chi connectivity index (χ2v) is 5.46. The fourth-order valence-electron chi connectivity index (χ4n) is 2.64. The molecular weight excluding hydrogens is 246 g/mol. The topological polar surface area (TPSA) is 29.3 Å². The van der Waals surface area contributed by atoms with Gasteiger partial charge in [-0.1, -0.05) is 30.7 Å². The molecule has 1 unspecified atom stereocenters. The molecule has 1 saturated carbocycles. The molecule has 0 radical (unpaired) electrons. The minimum atomic E-state index is -2.40. The number of hydrogen-bond acceptors (Lipinski definition) is 2. The van der Waals surface area contributed by atoms with Crippen LogP contribution in [0.1, 0.15) is 42.9 Å². The van der Waals surface area contributed by atoms with Crippen molar-refractivity contribution in [2.24, 2.45) is 11.7 Å². The van der Waals surface area contributed by atoms with Gasteiger partial charge in [0.2, 0.25) is 0 Å². The first-order valence-electron chi connectivity index (χ1n) is 6.90. The molecule has 106 valence electrons. The van der Waals surface area contributed by atoms with E-state index in [0.29, 0.717) is 6.54 Å². The molecule has 0 aliphatic heterocycles. The summed E-state index contributed by atoms with van der Waals surface area (Å²) in [5, 5.41) is 0. The summed E-state index contributed by atoms with van der Waals surface area (Å²) in [7, 11) is 2.07. The number of likely N-dealkylation sites (N-methyl/N-ethyl adjacent to an activating group) is 1. The van der Waals surface area contributed by atoms with E-state index in [1.165, 1.54) is 31.4 Å². The normalized spacial score (nSPS) is 17.8. The van der Waals surface area contributed by atoms with Gasteiger partial charge in [-0.3, -0.25) is 4.90 Å². The molecule has 0 aromatic heterocycles. The number of benzene rings is 1. The van der Waals surface area contributed by atoms with Crippen LogP contribution in [0, 0.1) is 5.92 Å². The van der Waals surface area contributed by atoms with Crippen LogP contribution in [-0.4, -0.2) is 25.0 Å². The van der Waals surface area contributed by atoms with E-state index in [2.05, 4.69) is 11.9 Å². The molecule has 1 aromatic rings. The fraction of sp³-hybridized carbons (Fsp3) is 0.600. The van der Waals surface area contributed by atoms with Crippen molar-refractivity contribution < 1.29 is 8.78 Å². The molecule has 1 atom stereocenters. The lowest BCUT2D eigenvalue weighted by atomic mass is 9.84. The average Bonchev–Trinajstić information content (AvgIpc) is 2.35. The lowest BCUT2D eigenvalue weighted by Gasteiger charge is -2.34. The Morgan fingerprint density at radius 2 is 1.79 bits per heavy atom. The van der Waals surface area contributed by atoms with Gasteiger partial charge in [-0.15, -0.1) is 0 Å². The molecule has 1 aliphatic carbocycles. The molecule has 1 aliphatic rings. The van der Waals surface area contributed by atoms with Crippen molar-refractivity contribution in [1.29, 1.82) is 0 Å². The summed E-state index contributed by atoms with van der Waals surface area (Å²) in [5.74, 6) is 0.777. The first-order valence-corrected chi connectivity index (χ1v) is 6.90. The number of rotatable bonds is 6. The zero-order valence-electron chi connectivity index (χ0n) is 11.4. The quantitative estimate of drug-likeness (QED) is 0.857. The predicted molar refractivity (Wildman–Crippen MR) is 73.2 cm³/mol. The molecule has 2 N–H and O–H groups in total. The van der Waals surface area contributed by atoms with E-state index in [4.69, 9.17) is 5.73 Å².